The van der Waals surface area contributed by atoms with Crippen LogP contribution >= 0.6 is 0 Å². The van der Waals surface area contributed by atoms with Gasteiger partial charge in [0.1, 0.15) is 5.69 Å². The van der Waals surface area contributed by atoms with E-state index in [1.165, 1.54) is 0 Å². The number of hydrogen-bond acceptors (Lipinski definition) is 4. The minimum absolute atomic E-state index is 0.0662. The van der Waals surface area contributed by atoms with Crippen LogP contribution in [0.15, 0.2) is 60.7 Å². The summed E-state index contributed by atoms with van der Waals surface area (Å²) >= 11 is 0. The molecule has 0 bridgehead atoms. The van der Waals surface area contributed by atoms with Gasteiger partial charge in [0.25, 0.3) is 11.8 Å². The van der Waals surface area contributed by atoms with Crippen LogP contribution < -0.4 is 10.6 Å². The molecule has 0 spiro atoms. The first-order valence-corrected chi connectivity index (χ1v) is 10.2. The smallest absolute Gasteiger partial charge is 0.305 e. The van der Waals surface area contributed by atoms with E-state index < -0.39 is 5.97 Å². The molecule has 2 aromatic rings. The lowest BCUT2D eigenvalue weighted by molar-refractivity contribution is -0.136. The molecule has 1 aromatic carbocycles. The van der Waals surface area contributed by atoms with E-state index >= 15 is 0 Å². The normalized spacial score (nSPS) is 11.8. The van der Waals surface area contributed by atoms with Gasteiger partial charge in [-0.2, -0.15) is 5.10 Å². The standard InChI is InChI=1S/C24H28N4O4/c1-4-6-8-18(7-5-2)20-15-21(24(32)25-3)28(27-20)16-17-9-11-19(12-10-17)23(31)26-14-13-22(29)30/h4-12,15H,13-14,16H2,1-3H3,(H,25,32)(H,26,31)(H,29,30)/b6-4-,7-5-,18-8+. The van der Waals surface area contributed by atoms with Crippen LogP contribution in [0, 0.1) is 0 Å². The van der Waals surface area contributed by atoms with E-state index in [0.29, 0.717) is 23.5 Å². The van der Waals surface area contributed by atoms with Gasteiger partial charge in [0.15, 0.2) is 0 Å². The summed E-state index contributed by atoms with van der Waals surface area (Å²) < 4.78 is 1.63. The highest BCUT2D eigenvalue weighted by molar-refractivity contribution is 5.94. The van der Waals surface area contributed by atoms with Crippen molar-refractivity contribution in [1.29, 1.82) is 0 Å². The number of aliphatic carboxylic acids is 1. The molecule has 0 radical (unpaired) electrons. The molecule has 0 saturated heterocycles. The van der Waals surface area contributed by atoms with Crippen LogP contribution in [-0.4, -0.2) is 46.3 Å². The van der Waals surface area contributed by atoms with Crippen molar-refractivity contribution in [2.75, 3.05) is 13.6 Å². The van der Waals surface area contributed by atoms with Crippen molar-refractivity contribution in [3.8, 4) is 0 Å². The van der Waals surface area contributed by atoms with Gasteiger partial charge in [0, 0.05) is 24.7 Å². The fourth-order valence-electron chi connectivity index (χ4n) is 2.91. The Labute approximate surface area is 187 Å². The number of carboxylic acid groups (broad SMARTS) is 1. The molecule has 0 fully saturated rings. The van der Waals surface area contributed by atoms with Gasteiger partial charge in [-0.05, 0) is 37.6 Å². The summed E-state index contributed by atoms with van der Waals surface area (Å²) in [4.78, 5) is 35.1. The van der Waals surface area contributed by atoms with Gasteiger partial charge < -0.3 is 15.7 Å². The van der Waals surface area contributed by atoms with Crippen LogP contribution in [0.1, 0.15) is 52.4 Å². The summed E-state index contributed by atoms with van der Waals surface area (Å²) in [5.41, 5.74) is 3.26. The van der Waals surface area contributed by atoms with Gasteiger partial charge in [0.2, 0.25) is 0 Å². The first-order chi connectivity index (χ1) is 15.4. The van der Waals surface area contributed by atoms with Gasteiger partial charge >= 0.3 is 5.97 Å². The molecule has 0 aliphatic heterocycles. The van der Waals surface area contributed by atoms with Gasteiger partial charge in [-0.1, -0.05) is 42.5 Å². The summed E-state index contributed by atoms with van der Waals surface area (Å²) in [5.74, 6) is -1.55. The Morgan fingerprint density at radius 3 is 2.41 bits per heavy atom. The van der Waals surface area contributed by atoms with Gasteiger partial charge in [-0.15, -0.1) is 0 Å². The fourth-order valence-corrected chi connectivity index (χ4v) is 2.91. The Balaban J connectivity index is 2.25. The maximum Gasteiger partial charge on any atom is 0.305 e. The monoisotopic (exact) mass is 436 g/mol. The lowest BCUT2D eigenvalue weighted by Gasteiger charge is -2.08. The molecule has 2 amide bonds. The maximum atomic E-state index is 12.4. The number of carbonyl (C=O) groups excluding carboxylic acids is 2. The Hall–Kier alpha value is -3.94. The number of benzene rings is 1. The van der Waals surface area contributed by atoms with E-state index in [9.17, 15) is 14.4 Å². The number of amides is 2. The van der Waals surface area contributed by atoms with E-state index in [1.807, 2.05) is 44.2 Å². The van der Waals surface area contributed by atoms with Gasteiger partial charge in [0.05, 0.1) is 18.7 Å². The molecule has 0 atom stereocenters. The number of rotatable bonds is 10. The summed E-state index contributed by atoms with van der Waals surface area (Å²) in [6.07, 6.45) is 9.46. The van der Waals surface area contributed by atoms with Crippen LogP contribution in [-0.2, 0) is 11.3 Å². The Kier molecular flexibility index (Phi) is 9.16. The number of carbonyl (C=O) groups is 3. The van der Waals surface area contributed by atoms with Crippen LogP contribution in [0.4, 0.5) is 0 Å². The second kappa shape index (κ2) is 12.0. The molecule has 8 nitrogen and oxygen atoms in total. The molecule has 0 aliphatic carbocycles. The molecule has 168 valence electrons. The molecule has 0 aliphatic rings. The molecule has 0 saturated carbocycles. The Morgan fingerprint density at radius 1 is 1.09 bits per heavy atom. The van der Waals surface area contributed by atoms with E-state index in [4.69, 9.17) is 5.11 Å². The number of aromatic nitrogens is 2. The fraction of sp³-hybridized carbons (Fsp3) is 0.250. The van der Waals surface area contributed by atoms with Gasteiger partial charge in [-0.3, -0.25) is 19.1 Å². The average Bonchev–Trinajstić information content (AvgIpc) is 3.19. The van der Waals surface area contributed by atoms with Crippen molar-refractivity contribution in [2.24, 2.45) is 0 Å². The van der Waals surface area contributed by atoms with Crippen molar-refractivity contribution in [1.82, 2.24) is 20.4 Å². The van der Waals surface area contributed by atoms with Crippen molar-refractivity contribution >= 4 is 23.4 Å². The van der Waals surface area contributed by atoms with Crippen LogP contribution in [0.2, 0.25) is 0 Å². The van der Waals surface area contributed by atoms with E-state index in [2.05, 4.69) is 15.7 Å². The lowest BCUT2D eigenvalue weighted by atomic mass is 10.1. The lowest BCUT2D eigenvalue weighted by Crippen LogP contribution is -2.26. The minimum atomic E-state index is -0.968. The highest BCUT2D eigenvalue weighted by Gasteiger charge is 2.16. The zero-order valence-electron chi connectivity index (χ0n) is 18.5. The molecular weight excluding hydrogens is 408 g/mol. The predicted molar refractivity (Wildman–Crippen MR) is 123 cm³/mol. The molecular formula is C24H28N4O4. The second-order valence-electron chi connectivity index (χ2n) is 6.90. The summed E-state index contributed by atoms with van der Waals surface area (Å²) in [6, 6.07) is 8.63. The molecule has 0 unspecified atom stereocenters. The predicted octanol–water partition coefficient (Wildman–Crippen LogP) is 3.03. The van der Waals surface area contributed by atoms with E-state index in [-0.39, 0.29) is 24.8 Å². The van der Waals surface area contributed by atoms with Gasteiger partial charge in [-0.25, -0.2) is 0 Å². The number of nitrogens with one attached hydrogen (secondary N) is 2. The molecule has 1 heterocycles. The van der Waals surface area contributed by atoms with Crippen LogP contribution in [0.3, 0.4) is 0 Å². The zero-order chi connectivity index (χ0) is 23.5. The Bertz CT molecular complexity index is 1050. The molecule has 1 aromatic heterocycles. The summed E-state index contributed by atoms with van der Waals surface area (Å²) in [5, 5.41) is 18.5. The summed E-state index contributed by atoms with van der Waals surface area (Å²) in [7, 11) is 1.57. The third kappa shape index (κ3) is 6.80. The Morgan fingerprint density at radius 2 is 1.81 bits per heavy atom. The highest BCUT2D eigenvalue weighted by atomic mass is 16.4. The second-order valence-corrected chi connectivity index (χ2v) is 6.90. The topological polar surface area (TPSA) is 113 Å². The average molecular weight is 437 g/mol. The van der Waals surface area contributed by atoms with Crippen molar-refractivity contribution < 1.29 is 19.5 Å². The molecule has 3 N–H and O–H groups in total. The summed E-state index contributed by atoms with van der Waals surface area (Å²) in [6.45, 7) is 4.25. The largest absolute Gasteiger partial charge is 0.481 e. The number of nitrogens with zero attached hydrogens (tertiary/aromatic N) is 2. The van der Waals surface area contributed by atoms with Crippen LogP contribution in [0.25, 0.3) is 5.57 Å². The number of carboxylic acids is 1. The van der Waals surface area contributed by atoms with Crippen molar-refractivity contribution in [3.05, 3.63) is 83.2 Å². The first kappa shape index (κ1) is 24.3. The molecule has 32 heavy (non-hydrogen) atoms. The number of hydrogen-bond donors (Lipinski definition) is 3. The zero-order valence-corrected chi connectivity index (χ0v) is 18.5. The van der Waals surface area contributed by atoms with E-state index in [1.54, 1.807) is 42.1 Å². The molecule has 8 heteroatoms. The van der Waals surface area contributed by atoms with Crippen molar-refractivity contribution in [3.63, 3.8) is 0 Å². The quantitative estimate of drug-likeness (QED) is 0.496. The highest BCUT2D eigenvalue weighted by Crippen LogP contribution is 2.18. The third-order valence-corrected chi connectivity index (χ3v) is 4.52. The third-order valence-electron chi connectivity index (χ3n) is 4.52. The molecule has 2 rings (SSSR count). The van der Waals surface area contributed by atoms with Crippen LogP contribution in [0.5, 0.6) is 0 Å². The maximum absolute atomic E-state index is 12.4. The first-order valence-electron chi connectivity index (χ1n) is 10.2. The SMILES string of the molecule is C\C=C/C=C(\C=C/C)c1cc(C(=O)NC)n(Cc2ccc(C(=O)NCCC(=O)O)cc2)n1. The van der Waals surface area contributed by atoms with Crippen molar-refractivity contribution in [2.45, 2.75) is 26.8 Å². The number of allylic oxidation sites excluding steroid dienone is 6. The minimum Gasteiger partial charge on any atom is -0.481 e. The van der Waals surface area contributed by atoms with E-state index in [0.717, 1.165) is 11.1 Å².